The Labute approximate surface area is 172 Å². The van der Waals surface area contributed by atoms with Gasteiger partial charge in [-0.3, -0.25) is 19.7 Å². The highest BCUT2D eigenvalue weighted by Gasteiger charge is 2.12. The van der Waals surface area contributed by atoms with Crippen molar-refractivity contribution in [3.63, 3.8) is 0 Å². The van der Waals surface area contributed by atoms with Crippen molar-refractivity contribution in [1.29, 1.82) is 0 Å². The minimum absolute atomic E-state index is 0.278. The normalized spacial score (nSPS) is 11.2. The summed E-state index contributed by atoms with van der Waals surface area (Å²) in [5.41, 5.74) is 5.58. The van der Waals surface area contributed by atoms with Gasteiger partial charge in [0.2, 0.25) is 0 Å². The third-order valence-electron chi connectivity index (χ3n) is 4.22. The van der Waals surface area contributed by atoms with E-state index in [2.05, 4.69) is 20.7 Å². The average molecular weight is 402 g/mol. The van der Waals surface area contributed by atoms with Crippen molar-refractivity contribution in [1.82, 2.24) is 20.7 Å². The van der Waals surface area contributed by atoms with Crippen LogP contribution in [-0.4, -0.2) is 28.2 Å². The van der Waals surface area contributed by atoms with Gasteiger partial charge in [-0.05, 0) is 54.6 Å². The van der Waals surface area contributed by atoms with Crippen LogP contribution in [0.2, 0.25) is 0 Å². The lowest BCUT2D eigenvalue weighted by atomic mass is 10.2. The number of hydrogen-bond donors (Lipinski definition) is 2. The van der Waals surface area contributed by atoms with Gasteiger partial charge in [0.15, 0.2) is 0 Å². The number of nitrogens with zero attached hydrogens (tertiary/aromatic N) is 2. The Morgan fingerprint density at radius 3 is 2.79 bits per heavy atom. The molecule has 2 N–H and O–H groups in total. The summed E-state index contributed by atoms with van der Waals surface area (Å²) in [6, 6.07) is 19.3. The predicted octanol–water partition coefficient (Wildman–Crippen LogP) is 4.57. The quantitative estimate of drug-likeness (QED) is 0.462. The Kier molecular flexibility index (Phi) is 5.69. The maximum atomic E-state index is 12.2. The molecule has 2 aromatic heterocycles. The fraction of sp³-hybridized carbons (Fsp3) is 0.0455. The van der Waals surface area contributed by atoms with Gasteiger partial charge >= 0.3 is 0 Å². The molecule has 0 radical (unpaired) electrons. The first-order chi connectivity index (χ1) is 14.2. The molecular formula is C22H18N4O2S. The van der Waals surface area contributed by atoms with Gasteiger partial charge in [0.05, 0.1) is 29.6 Å². The Bertz CT molecular complexity index is 1170. The molecule has 7 heteroatoms. The standard InChI is InChI=1S/C22H18N4O2S/c1-28-26-22(27)18-7-2-3-8-21(18)29-16-10-11-17-19(24-25-20(17)14-16)12-9-15-6-4-5-13-23-15/h2-14H,1H3,(H,24,25)(H,26,27). The molecule has 144 valence electrons. The highest BCUT2D eigenvalue weighted by atomic mass is 32.2. The largest absolute Gasteiger partial charge is 0.277 e. The second kappa shape index (κ2) is 8.72. The summed E-state index contributed by atoms with van der Waals surface area (Å²) >= 11 is 1.51. The molecule has 2 aromatic carbocycles. The van der Waals surface area contributed by atoms with Crippen LogP contribution in [0, 0.1) is 0 Å². The molecular weight excluding hydrogens is 384 g/mol. The molecule has 0 aliphatic carbocycles. The Balaban J connectivity index is 1.58. The van der Waals surface area contributed by atoms with Crippen molar-refractivity contribution in [3.05, 3.63) is 83.8 Å². The number of aromatic amines is 1. The molecule has 4 aromatic rings. The molecule has 1 amide bonds. The fourth-order valence-corrected chi connectivity index (χ4v) is 3.85. The van der Waals surface area contributed by atoms with E-state index in [1.165, 1.54) is 18.9 Å². The number of amides is 1. The van der Waals surface area contributed by atoms with Gasteiger partial charge in [0.1, 0.15) is 0 Å². The van der Waals surface area contributed by atoms with Gasteiger partial charge in [-0.1, -0.05) is 30.0 Å². The van der Waals surface area contributed by atoms with Gasteiger partial charge in [0, 0.05) is 21.4 Å². The van der Waals surface area contributed by atoms with Gasteiger partial charge in [-0.2, -0.15) is 5.10 Å². The molecule has 0 bridgehead atoms. The molecule has 0 saturated heterocycles. The number of carbonyl (C=O) groups excluding carboxylic acids is 1. The van der Waals surface area contributed by atoms with Crippen LogP contribution < -0.4 is 5.48 Å². The van der Waals surface area contributed by atoms with Crippen LogP contribution in [-0.2, 0) is 4.84 Å². The first-order valence-corrected chi connectivity index (χ1v) is 9.74. The Morgan fingerprint density at radius 2 is 1.97 bits per heavy atom. The summed E-state index contributed by atoms with van der Waals surface area (Å²) in [5.74, 6) is -0.278. The minimum atomic E-state index is -0.278. The number of benzene rings is 2. The topological polar surface area (TPSA) is 79.9 Å². The number of rotatable bonds is 6. The van der Waals surface area contributed by atoms with Crippen molar-refractivity contribution < 1.29 is 9.63 Å². The number of H-pyrrole nitrogens is 1. The van der Waals surface area contributed by atoms with Crippen molar-refractivity contribution in [2.75, 3.05) is 7.11 Å². The van der Waals surface area contributed by atoms with E-state index in [4.69, 9.17) is 4.84 Å². The van der Waals surface area contributed by atoms with Crippen LogP contribution in [0.3, 0.4) is 0 Å². The molecule has 0 atom stereocenters. The molecule has 0 aliphatic rings. The van der Waals surface area contributed by atoms with Crippen molar-refractivity contribution in [3.8, 4) is 0 Å². The van der Waals surface area contributed by atoms with Gasteiger partial charge in [-0.15, -0.1) is 0 Å². The lowest BCUT2D eigenvalue weighted by Crippen LogP contribution is -2.22. The van der Waals surface area contributed by atoms with E-state index >= 15 is 0 Å². The predicted molar refractivity (Wildman–Crippen MR) is 114 cm³/mol. The zero-order chi connectivity index (χ0) is 20.1. The highest BCUT2D eigenvalue weighted by molar-refractivity contribution is 7.99. The van der Waals surface area contributed by atoms with E-state index in [1.54, 1.807) is 12.3 Å². The lowest BCUT2D eigenvalue weighted by molar-refractivity contribution is 0.0534. The third-order valence-corrected chi connectivity index (χ3v) is 5.28. The molecule has 2 heterocycles. The van der Waals surface area contributed by atoms with Crippen LogP contribution in [0.5, 0.6) is 0 Å². The number of carbonyl (C=O) groups is 1. The van der Waals surface area contributed by atoms with E-state index in [0.717, 1.165) is 32.1 Å². The van der Waals surface area contributed by atoms with E-state index in [1.807, 2.05) is 66.7 Å². The zero-order valence-electron chi connectivity index (χ0n) is 15.6. The van der Waals surface area contributed by atoms with E-state index in [0.29, 0.717) is 5.56 Å². The monoisotopic (exact) mass is 402 g/mol. The second-order valence-electron chi connectivity index (χ2n) is 6.14. The number of fused-ring (bicyclic) bond motifs is 1. The molecule has 4 rings (SSSR count). The van der Waals surface area contributed by atoms with E-state index in [9.17, 15) is 4.79 Å². The number of pyridine rings is 1. The Morgan fingerprint density at radius 1 is 1.10 bits per heavy atom. The van der Waals surface area contributed by atoms with Crippen LogP contribution in [0.1, 0.15) is 21.7 Å². The molecule has 0 aliphatic heterocycles. The van der Waals surface area contributed by atoms with Crippen LogP contribution in [0.4, 0.5) is 0 Å². The average Bonchev–Trinajstić information content (AvgIpc) is 3.16. The van der Waals surface area contributed by atoms with Crippen LogP contribution >= 0.6 is 11.8 Å². The zero-order valence-corrected chi connectivity index (χ0v) is 16.4. The molecule has 0 fully saturated rings. The summed E-state index contributed by atoms with van der Waals surface area (Å²) in [7, 11) is 1.42. The van der Waals surface area contributed by atoms with Crippen molar-refractivity contribution in [2.45, 2.75) is 9.79 Å². The SMILES string of the molecule is CONC(=O)c1ccccc1Sc1ccc2c(C=Cc3ccccn3)n[nH]c2c1. The highest BCUT2D eigenvalue weighted by Crippen LogP contribution is 2.32. The Hall–Kier alpha value is -3.42. The molecule has 0 spiro atoms. The fourth-order valence-electron chi connectivity index (χ4n) is 2.87. The lowest BCUT2D eigenvalue weighted by Gasteiger charge is -2.08. The molecule has 6 nitrogen and oxygen atoms in total. The van der Waals surface area contributed by atoms with Crippen LogP contribution in [0.25, 0.3) is 23.1 Å². The first kappa shape index (κ1) is 18.9. The summed E-state index contributed by atoms with van der Waals surface area (Å²) in [5, 5.41) is 8.49. The summed E-state index contributed by atoms with van der Waals surface area (Å²) < 4.78 is 0. The number of hydrogen-bond acceptors (Lipinski definition) is 5. The molecule has 0 unspecified atom stereocenters. The minimum Gasteiger partial charge on any atom is -0.277 e. The summed E-state index contributed by atoms with van der Waals surface area (Å²) in [6.07, 6.45) is 5.64. The number of hydroxylamine groups is 1. The second-order valence-corrected chi connectivity index (χ2v) is 7.25. The maximum absolute atomic E-state index is 12.2. The number of nitrogens with one attached hydrogen (secondary N) is 2. The van der Waals surface area contributed by atoms with Crippen molar-refractivity contribution >= 4 is 40.7 Å². The van der Waals surface area contributed by atoms with Gasteiger partial charge in [-0.25, -0.2) is 5.48 Å². The van der Waals surface area contributed by atoms with Crippen molar-refractivity contribution in [2.24, 2.45) is 0 Å². The summed E-state index contributed by atoms with van der Waals surface area (Å²) in [6.45, 7) is 0. The number of aromatic nitrogens is 3. The van der Waals surface area contributed by atoms with Gasteiger partial charge < -0.3 is 0 Å². The molecule has 29 heavy (non-hydrogen) atoms. The third kappa shape index (κ3) is 4.37. The maximum Gasteiger partial charge on any atom is 0.275 e. The van der Waals surface area contributed by atoms with Crippen LogP contribution in [0.15, 0.2) is 76.7 Å². The molecule has 0 saturated carbocycles. The first-order valence-electron chi connectivity index (χ1n) is 8.92. The van der Waals surface area contributed by atoms with Gasteiger partial charge in [0.25, 0.3) is 5.91 Å². The van der Waals surface area contributed by atoms with E-state index < -0.39 is 0 Å². The van der Waals surface area contributed by atoms with E-state index in [-0.39, 0.29) is 5.91 Å². The summed E-state index contributed by atoms with van der Waals surface area (Å²) in [4.78, 5) is 23.1. The smallest absolute Gasteiger partial charge is 0.275 e.